The van der Waals surface area contributed by atoms with Gasteiger partial charge in [-0.05, 0) is 43.4 Å². The van der Waals surface area contributed by atoms with E-state index in [1.165, 1.54) is 6.42 Å². The molecule has 1 aliphatic heterocycles. The van der Waals surface area contributed by atoms with Crippen LogP contribution >= 0.6 is 15.9 Å². The maximum Gasteiger partial charge on any atom is 0.214 e. The summed E-state index contributed by atoms with van der Waals surface area (Å²) in [6, 6.07) is 8.02. The number of sulfonamides is 1. The van der Waals surface area contributed by atoms with Gasteiger partial charge in [0.05, 0.1) is 17.4 Å². The average Bonchev–Trinajstić information content (AvgIpc) is 3.00. The first-order valence-electron chi connectivity index (χ1n) is 8.38. The zero-order chi connectivity index (χ0) is 16.3. The van der Waals surface area contributed by atoms with E-state index in [0.717, 1.165) is 48.6 Å². The predicted octanol–water partition coefficient (Wildman–Crippen LogP) is 3.71. The first-order valence-corrected chi connectivity index (χ1v) is 10.8. The molecule has 23 heavy (non-hydrogen) atoms. The number of rotatable bonds is 5. The van der Waals surface area contributed by atoms with E-state index in [2.05, 4.69) is 20.7 Å². The van der Waals surface area contributed by atoms with E-state index in [4.69, 9.17) is 4.74 Å². The van der Waals surface area contributed by atoms with E-state index in [1.54, 1.807) is 0 Å². The highest BCUT2D eigenvalue weighted by Crippen LogP contribution is 2.38. The molecule has 1 saturated heterocycles. The molecule has 3 rings (SSSR count). The minimum absolute atomic E-state index is 0.0722. The molecular weight excluding hydrogens is 378 g/mol. The van der Waals surface area contributed by atoms with Crippen molar-refractivity contribution < 1.29 is 13.2 Å². The fourth-order valence-electron chi connectivity index (χ4n) is 3.75. The topological polar surface area (TPSA) is 55.4 Å². The van der Waals surface area contributed by atoms with Crippen LogP contribution in [-0.2, 0) is 20.3 Å². The first kappa shape index (κ1) is 17.4. The van der Waals surface area contributed by atoms with Crippen LogP contribution in [-0.4, -0.2) is 26.9 Å². The van der Waals surface area contributed by atoms with Gasteiger partial charge in [-0.3, -0.25) is 0 Å². The number of nitrogens with one attached hydrogen (secondary N) is 1. The van der Waals surface area contributed by atoms with Crippen molar-refractivity contribution in [3.8, 4) is 0 Å². The predicted molar refractivity (Wildman–Crippen MR) is 94.8 cm³/mol. The van der Waals surface area contributed by atoms with E-state index >= 15 is 0 Å². The summed E-state index contributed by atoms with van der Waals surface area (Å²) >= 11 is 3.51. The molecule has 1 heterocycles. The van der Waals surface area contributed by atoms with Crippen LogP contribution in [0.4, 0.5) is 0 Å². The maximum atomic E-state index is 12.7. The van der Waals surface area contributed by atoms with Crippen LogP contribution in [0.15, 0.2) is 28.7 Å². The minimum atomic E-state index is -3.37. The molecular formula is C17H24BrNO3S. The average molecular weight is 402 g/mol. The lowest BCUT2D eigenvalue weighted by Gasteiger charge is -2.38. The molecule has 1 unspecified atom stereocenters. The van der Waals surface area contributed by atoms with Gasteiger partial charge in [-0.1, -0.05) is 47.3 Å². The van der Waals surface area contributed by atoms with E-state index in [0.29, 0.717) is 6.61 Å². The molecule has 0 spiro atoms. The van der Waals surface area contributed by atoms with Crippen molar-refractivity contribution in [2.75, 3.05) is 12.4 Å². The Morgan fingerprint density at radius 2 is 2.00 bits per heavy atom. The Morgan fingerprint density at radius 3 is 2.65 bits per heavy atom. The second-order valence-electron chi connectivity index (χ2n) is 6.67. The van der Waals surface area contributed by atoms with Gasteiger partial charge < -0.3 is 4.74 Å². The van der Waals surface area contributed by atoms with Crippen LogP contribution < -0.4 is 4.72 Å². The third-order valence-corrected chi connectivity index (χ3v) is 6.87. The van der Waals surface area contributed by atoms with Gasteiger partial charge in [0.1, 0.15) is 0 Å². The Balaban J connectivity index is 1.84. The molecule has 1 saturated carbocycles. The Morgan fingerprint density at radius 1 is 1.22 bits per heavy atom. The molecule has 0 bridgehead atoms. The monoisotopic (exact) mass is 401 g/mol. The van der Waals surface area contributed by atoms with Gasteiger partial charge in [0.15, 0.2) is 0 Å². The van der Waals surface area contributed by atoms with Gasteiger partial charge in [-0.25, -0.2) is 13.1 Å². The molecule has 0 amide bonds. The molecule has 1 aromatic carbocycles. The van der Waals surface area contributed by atoms with Crippen LogP contribution in [0.5, 0.6) is 0 Å². The molecule has 1 N–H and O–H groups in total. The Hall–Kier alpha value is -0.430. The highest BCUT2D eigenvalue weighted by atomic mass is 79.9. The van der Waals surface area contributed by atoms with Gasteiger partial charge in [0.25, 0.3) is 0 Å². The zero-order valence-electron chi connectivity index (χ0n) is 13.3. The quantitative estimate of drug-likeness (QED) is 0.817. The lowest BCUT2D eigenvalue weighted by molar-refractivity contribution is 0.127. The Labute approximate surface area is 147 Å². The molecule has 4 nitrogen and oxygen atoms in total. The van der Waals surface area contributed by atoms with Gasteiger partial charge in [-0.2, -0.15) is 0 Å². The van der Waals surface area contributed by atoms with Gasteiger partial charge in [0, 0.05) is 11.1 Å². The van der Waals surface area contributed by atoms with E-state index in [-0.39, 0.29) is 11.9 Å². The van der Waals surface area contributed by atoms with Crippen molar-refractivity contribution in [2.45, 2.75) is 56.6 Å². The standard InChI is InChI=1S/C17H24BrNO3S/c18-15-7-4-6-14(12-15)17(9-2-1-3-10-17)19-23(20,21)13-16-8-5-11-22-16/h4,6-7,12,16,19H,1-3,5,8-11,13H2. The molecule has 128 valence electrons. The largest absolute Gasteiger partial charge is 0.377 e. The smallest absolute Gasteiger partial charge is 0.214 e. The molecule has 1 atom stereocenters. The van der Waals surface area contributed by atoms with Crippen molar-refractivity contribution in [1.29, 1.82) is 0 Å². The molecule has 0 aromatic heterocycles. The van der Waals surface area contributed by atoms with Crippen LogP contribution in [0.25, 0.3) is 0 Å². The first-order chi connectivity index (χ1) is 11.0. The van der Waals surface area contributed by atoms with E-state index < -0.39 is 15.6 Å². The lowest BCUT2D eigenvalue weighted by Crippen LogP contribution is -2.49. The number of ether oxygens (including phenoxy) is 1. The normalized spacial score (nSPS) is 24.7. The summed E-state index contributed by atoms with van der Waals surface area (Å²) in [5, 5.41) is 0. The second-order valence-corrected chi connectivity index (χ2v) is 9.35. The summed E-state index contributed by atoms with van der Waals surface area (Å²) in [6.45, 7) is 0.678. The number of halogens is 1. The summed E-state index contributed by atoms with van der Waals surface area (Å²) in [7, 11) is -3.37. The van der Waals surface area contributed by atoms with Crippen molar-refractivity contribution in [3.63, 3.8) is 0 Å². The summed E-state index contributed by atoms with van der Waals surface area (Å²) in [6.07, 6.45) is 6.62. The van der Waals surface area contributed by atoms with Crippen LogP contribution in [0, 0.1) is 0 Å². The molecule has 2 aliphatic rings. The highest BCUT2D eigenvalue weighted by Gasteiger charge is 2.38. The van der Waals surface area contributed by atoms with E-state index in [9.17, 15) is 8.42 Å². The number of hydrogen-bond donors (Lipinski definition) is 1. The molecule has 1 aromatic rings. The second kappa shape index (κ2) is 7.21. The van der Waals surface area contributed by atoms with Crippen LogP contribution in [0.1, 0.15) is 50.5 Å². The van der Waals surface area contributed by atoms with Crippen molar-refractivity contribution >= 4 is 26.0 Å². The Kier molecular flexibility index (Phi) is 5.46. The summed E-state index contributed by atoms with van der Waals surface area (Å²) in [5.74, 6) is 0.0722. The third kappa shape index (κ3) is 4.35. The minimum Gasteiger partial charge on any atom is -0.377 e. The molecule has 1 aliphatic carbocycles. The number of benzene rings is 1. The fourth-order valence-corrected chi connectivity index (χ4v) is 5.90. The molecule has 2 fully saturated rings. The lowest BCUT2D eigenvalue weighted by atomic mass is 9.77. The van der Waals surface area contributed by atoms with Gasteiger partial charge in [0.2, 0.25) is 10.0 Å². The van der Waals surface area contributed by atoms with Crippen molar-refractivity contribution in [2.24, 2.45) is 0 Å². The highest BCUT2D eigenvalue weighted by molar-refractivity contribution is 9.10. The molecule has 6 heteroatoms. The van der Waals surface area contributed by atoms with Crippen molar-refractivity contribution in [1.82, 2.24) is 4.72 Å². The van der Waals surface area contributed by atoms with Gasteiger partial charge in [-0.15, -0.1) is 0 Å². The SMILES string of the molecule is O=S(=O)(CC1CCCO1)NC1(c2cccc(Br)c2)CCCCC1. The van der Waals surface area contributed by atoms with Crippen LogP contribution in [0.2, 0.25) is 0 Å². The van der Waals surface area contributed by atoms with Crippen LogP contribution in [0.3, 0.4) is 0 Å². The van der Waals surface area contributed by atoms with Gasteiger partial charge >= 0.3 is 0 Å². The summed E-state index contributed by atoms with van der Waals surface area (Å²) in [4.78, 5) is 0. The maximum absolute atomic E-state index is 12.7. The van der Waals surface area contributed by atoms with Crippen molar-refractivity contribution in [3.05, 3.63) is 34.3 Å². The molecule has 0 radical (unpaired) electrons. The summed E-state index contributed by atoms with van der Waals surface area (Å²) < 4.78 is 35.0. The van der Waals surface area contributed by atoms with E-state index in [1.807, 2.05) is 24.3 Å². The third-order valence-electron chi connectivity index (χ3n) is 4.86. The number of hydrogen-bond acceptors (Lipinski definition) is 3. The fraction of sp³-hybridized carbons (Fsp3) is 0.647. The summed E-state index contributed by atoms with van der Waals surface area (Å²) in [5.41, 5.74) is 0.585. The zero-order valence-corrected chi connectivity index (χ0v) is 15.7. The Bertz CT molecular complexity index is 635.